The minimum absolute atomic E-state index is 0. The fraction of sp³-hybridized carbons (Fsp3) is 0.652. The lowest BCUT2D eigenvalue weighted by Crippen LogP contribution is -2.46. The van der Waals surface area contributed by atoms with Gasteiger partial charge in [-0.25, -0.2) is 0 Å². The number of aliphatic imine (C=N–C) groups is 1. The molecule has 1 N–H and O–H groups in total. The first kappa shape index (κ1) is 25.5. The molecule has 3 rings (SSSR count). The molecule has 7 nitrogen and oxygen atoms in total. The lowest BCUT2D eigenvalue weighted by molar-refractivity contribution is -0.149. The molecular weight excluding hydrogens is 509 g/mol. The molecule has 1 aliphatic carbocycles. The summed E-state index contributed by atoms with van der Waals surface area (Å²) in [5.74, 6) is 2.35. The maximum absolute atomic E-state index is 12.0. The number of hydrogen-bond acceptors (Lipinski definition) is 5. The highest BCUT2D eigenvalue weighted by Gasteiger charge is 2.27. The van der Waals surface area contributed by atoms with Gasteiger partial charge in [0.05, 0.1) is 25.7 Å². The van der Waals surface area contributed by atoms with Crippen LogP contribution in [0.3, 0.4) is 0 Å². The quantitative estimate of drug-likeness (QED) is 0.242. The van der Waals surface area contributed by atoms with Gasteiger partial charge in [-0.05, 0) is 51.5 Å². The number of piperidine rings is 1. The van der Waals surface area contributed by atoms with Gasteiger partial charge in [0.15, 0.2) is 17.5 Å². The Labute approximate surface area is 202 Å². The average Bonchev–Trinajstić information content (AvgIpc) is 3.29. The molecule has 2 fully saturated rings. The van der Waals surface area contributed by atoms with Crippen LogP contribution in [0.15, 0.2) is 23.2 Å². The van der Waals surface area contributed by atoms with Crippen LogP contribution in [0, 0.1) is 5.92 Å². The third kappa shape index (κ3) is 6.89. The van der Waals surface area contributed by atoms with Crippen molar-refractivity contribution in [3.05, 3.63) is 23.8 Å². The van der Waals surface area contributed by atoms with Gasteiger partial charge in [-0.3, -0.25) is 9.79 Å². The molecule has 0 spiro atoms. The molecule has 8 heteroatoms. The van der Waals surface area contributed by atoms with Crippen molar-refractivity contribution in [2.75, 3.05) is 33.9 Å². The van der Waals surface area contributed by atoms with E-state index in [9.17, 15) is 4.79 Å². The van der Waals surface area contributed by atoms with Crippen molar-refractivity contribution >= 4 is 35.9 Å². The van der Waals surface area contributed by atoms with Crippen LogP contribution in [0.2, 0.25) is 0 Å². The molecule has 31 heavy (non-hydrogen) atoms. The minimum Gasteiger partial charge on any atom is -0.493 e. The van der Waals surface area contributed by atoms with Gasteiger partial charge in [0.2, 0.25) is 0 Å². The lowest BCUT2D eigenvalue weighted by atomic mass is 9.97. The van der Waals surface area contributed by atoms with Gasteiger partial charge in [-0.1, -0.05) is 12.1 Å². The average molecular weight is 545 g/mol. The number of rotatable bonds is 7. The molecule has 1 aromatic rings. The van der Waals surface area contributed by atoms with Crippen molar-refractivity contribution in [1.82, 2.24) is 10.2 Å². The van der Waals surface area contributed by atoms with Crippen LogP contribution < -0.4 is 14.8 Å². The number of likely N-dealkylation sites (tertiary alicyclic amines) is 1. The summed E-state index contributed by atoms with van der Waals surface area (Å²) < 4.78 is 17.1. The number of carbonyl (C=O) groups is 1. The fourth-order valence-electron chi connectivity index (χ4n) is 4.26. The maximum Gasteiger partial charge on any atom is 0.309 e. The van der Waals surface area contributed by atoms with Crippen LogP contribution in [-0.4, -0.2) is 56.8 Å². The Bertz CT molecular complexity index is 730. The molecule has 1 aromatic carbocycles. The van der Waals surface area contributed by atoms with Gasteiger partial charge in [-0.2, -0.15) is 0 Å². The van der Waals surface area contributed by atoms with Gasteiger partial charge in [0.1, 0.15) is 0 Å². The number of esters is 1. The number of guanidine groups is 1. The van der Waals surface area contributed by atoms with Crippen molar-refractivity contribution in [2.24, 2.45) is 10.9 Å². The second-order valence-corrected chi connectivity index (χ2v) is 7.89. The van der Waals surface area contributed by atoms with Gasteiger partial charge in [0, 0.05) is 32.2 Å². The Morgan fingerprint density at radius 1 is 1.19 bits per heavy atom. The van der Waals surface area contributed by atoms with Crippen molar-refractivity contribution in [2.45, 2.75) is 58.1 Å². The van der Waals surface area contributed by atoms with E-state index in [0.717, 1.165) is 61.8 Å². The minimum atomic E-state index is -0.0785. The van der Waals surface area contributed by atoms with Crippen LogP contribution in [0.4, 0.5) is 0 Å². The van der Waals surface area contributed by atoms with Crippen molar-refractivity contribution in [1.29, 1.82) is 0 Å². The third-order valence-corrected chi connectivity index (χ3v) is 5.93. The highest BCUT2D eigenvalue weighted by Crippen LogP contribution is 2.34. The summed E-state index contributed by atoms with van der Waals surface area (Å²) >= 11 is 0. The SMILES string of the molecule is CCOC(=O)C1CCN(C(=NC)NCc2cccc(OC)c2OC2CCCC2)CC1.I. The number of ether oxygens (including phenoxy) is 3. The number of benzene rings is 1. The van der Waals surface area contributed by atoms with E-state index < -0.39 is 0 Å². The monoisotopic (exact) mass is 545 g/mol. The third-order valence-electron chi connectivity index (χ3n) is 5.93. The molecular formula is C23H36IN3O4. The zero-order valence-electron chi connectivity index (χ0n) is 18.9. The first-order valence-corrected chi connectivity index (χ1v) is 11.1. The Hall–Kier alpha value is -1.71. The Morgan fingerprint density at radius 3 is 2.52 bits per heavy atom. The molecule has 0 bridgehead atoms. The molecule has 1 aliphatic heterocycles. The molecule has 0 amide bonds. The largest absolute Gasteiger partial charge is 0.493 e. The highest BCUT2D eigenvalue weighted by atomic mass is 127. The zero-order chi connectivity index (χ0) is 21.3. The predicted octanol–water partition coefficient (Wildman–Crippen LogP) is 3.99. The first-order valence-electron chi connectivity index (χ1n) is 11.1. The number of methoxy groups -OCH3 is 1. The Morgan fingerprint density at radius 2 is 1.90 bits per heavy atom. The van der Waals surface area contributed by atoms with E-state index in [1.807, 2.05) is 19.1 Å². The molecule has 1 saturated heterocycles. The Balaban J connectivity index is 0.00000341. The molecule has 0 radical (unpaired) electrons. The molecule has 1 heterocycles. The smallest absolute Gasteiger partial charge is 0.309 e. The lowest BCUT2D eigenvalue weighted by Gasteiger charge is -2.33. The van der Waals surface area contributed by atoms with E-state index in [0.29, 0.717) is 13.2 Å². The van der Waals surface area contributed by atoms with Crippen molar-refractivity contribution < 1.29 is 19.0 Å². The standard InChI is InChI=1S/C23H35N3O4.HI/c1-4-29-22(27)17-12-14-26(15-13-17)23(24-2)25-16-18-8-7-11-20(28-3)21(18)30-19-9-5-6-10-19;/h7-8,11,17,19H,4-6,9-10,12-16H2,1-3H3,(H,24,25);1H. The van der Waals surface area contributed by atoms with Crippen molar-refractivity contribution in [3.63, 3.8) is 0 Å². The zero-order valence-corrected chi connectivity index (χ0v) is 21.2. The van der Waals surface area contributed by atoms with Gasteiger partial charge < -0.3 is 24.4 Å². The second-order valence-electron chi connectivity index (χ2n) is 7.89. The predicted molar refractivity (Wildman–Crippen MR) is 132 cm³/mol. The summed E-state index contributed by atoms with van der Waals surface area (Å²) in [5, 5.41) is 3.47. The maximum atomic E-state index is 12.0. The number of halogens is 1. The fourth-order valence-corrected chi connectivity index (χ4v) is 4.26. The summed E-state index contributed by atoms with van der Waals surface area (Å²) in [7, 11) is 3.47. The number of carbonyl (C=O) groups excluding carboxylic acids is 1. The second kappa shape index (κ2) is 13.0. The number of nitrogens with one attached hydrogen (secondary N) is 1. The summed E-state index contributed by atoms with van der Waals surface area (Å²) in [6.07, 6.45) is 6.48. The summed E-state index contributed by atoms with van der Waals surface area (Å²) in [6, 6.07) is 6.01. The normalized spacial score (nSPS) is 17.8. The van der Waals surface area contributed by atoms with Crippen LogP contribution in [0.1, 0.15) is 51.0 Å². The van der Waals surface area contributed by atoms with Gasteiger partial charge >= 0.3 is 5.97 Å². The van der Waals surface area contributed by atoms with Crippen LogP contribution in [0.25, 0.3) is 0 Å². The van der Waals surface area contributed by atoms with E-state index in [1.54, 1.807) is 14.2 Å². The topological polar surface area (TPSA) is 72.4 Å². The van der Waals surface area contributed by atoms with Gasteiger partial charge in [-0.15, -0.1) is 24.0 Å². The first-order chi connectivity index (χ1) is 14.7. The molecule has 0 aromatic heterocycles. The summed E-state index contributed by atoms with van der Waals surface area (Å²) in [5.41, 5.74) is 1.06. The molecule has 174 valence electrons. The molecule has 0 atom stereocenters. The number of nitrogens with zero attached hydrogens (tertiary/aromatic N) is 2. The molecule has 1 saturated carbocycles. The summed E-state index contributed by atoms with van der Waals surface area (Å²) in [4.78, 5) is 18.6. The van der Waals surface area contributed by atoms with Crippen LogP contribution in [-0.2, 0) is 16.1 Å². The number of hydrogen-bond donors (Lipinski definition) is 1. The van der Waals surface area contributed by atoms with E-state index in [2.05, 4.69) is 21.3 Å². The molecule has 0 unspecified atom stereocenters. The van der Waals surface area contributed by atoms with E-state index >= 15 is 0 Å². The summed E-state index contributed by atoms with van der Waals surface area (Å²) in [6.45, 7) is 4.46. The van der Waals surface area contributed by atoms with Crippen molar-refractivity contribution in [3.8, 4) is 11.5 Å². The van der Waals surface area contributed by atoms with Crippen LogP contribution >= 0.6 is 24.0 Å². The van der Waals surface area contributed by atoms with Gasteiger partial charge in [0.25, 0.3) is 0 Å². The van der Waals surface area contributed by atoms with E-state index in [4.69, 9.17) is 14.2 Å². The van der Waals surface area contributed by atoms with Crippen LogP contribution in [0.5, 0.6) is 11.5 Å². The molecule has 2 aliphatic rings. The van der Waals surface area contributed by atoms with E-state index in [1.165, 1.54) is 12.8 Å². The highest BCUT2D eigenvalue weighted by molar-refractivity contribution is 14.0. The number of para-hydroxylation sites is 1. The van der Waals surface area contributed by atoms with E-state index in [-0.39, 0.29) is 42.0 Å². The Kier molecular flexibility index (Phi) is 10.7.